The molecular weight excluding hydrogens is 395 g/mol. The summed E-state index contributed by atoms with van der Waals surface area (Å²) in [7, 11) is -3.75. The molecular formula is C21H27FN2O4S. The van der Waals surface area contributed by atoms with Crippen LogP contribution in [0.15, 0.2) is 48.5 Å². The second-order valence-electron chi connectivity index (χ2n) is 7.04. The van der Waals surface area contributed by atoms with Gasteiger partial charge in [-0.05, 0) is 48.7 Å². The van der Waals surface area contributed by atoms with E-state index in [1.54, 1.807) is 0 Å². The van der Waals surface area contributed by atoms with Crippen molar-refractivity contribution in [3.8, 4) is 5.75 Å². The Morgan fingerprint density at radius 3 is 2.31 bits per heavy atom. The van der Waals surface area contributed by atoms with Gasteiger partial charge in [0.25, 0.3) is 0 Å². The Morgan fingerprint density at radius 1 is 1.10 bits per heavy atom. The average molecular weight is 423 g/mol. The summed E-state index contributed by atoms with van der Waals surface area (Å²) in [4.78, 5) is 12.5. The van der Waals surface area contributed by atoms with E-state index >= 15 is 0 Å². The number of nitrogens with one attached hydrogen (secondary N) is 1. The molecule has 1 N–H and O–H groups in total. The number of hydrogen-bond donors (Lipinski definition) is 1. The van der Waals surface area contributed by atoms with E-state index in [0.29, 0.717) is 5.92 Å². The Balaban J connectivity index is 1.99. The number of carbonyl (C=O) groups is 1. The van der Waals surface area contributed by atoms with Gasteiger partial charge < -0.3 is 10.1 Å². The maximum atomic E-state index is 13.2. The molecule has 0 heterocycles. The van der Waals surface area contributed by atoms with Gasteiger partial charge in [0.05, 0.1) is 18.5 Å². The summed E-state index contributed by atoms with van der Waals surface area (Å²) in [6, 6.07) is 11.6. The quantitative estimate of drug-likeness (QED) is 0.629. The first-order valence-corrected chi connectivity index (χ1v) is 11.2. The Hall–Kier alpha value is -2.61. The van der Waals surface area contributed by atoms with E-state index in [9.17, 15) is 17.6 Å². The Kier molecular flexibility index (Phi) is 7.61. The molecule has 0 spiro atoms. The molecule has 0 saturated heterocycles. The standard InChI is InChI=1S/C21H27FN2O4S/c1-15(2)19-7-5-6-8-20(19)28-14-13-23-21(25)16(3)24(29(4,26)27)18-11-9-17(22)10-12-18/h5-12,15-16H,13-14H2,1-4H3,(H,23,25)/t16-/m0/s1. The maximum Gasteiger partial charge on any atom is 0.243 e. The van der Waals surface area contributed by atoms with Crippen molar-refractivity contribution in [1.82, 2.24) is 5.32 Å². The number of ether oxygens (including phenoxy) is 1. The summed E-state index contributed by atoms with van der Waals surface area (Å²) in [5.41, 5.74) is 1.30. The predicted molar refractivity (Wildman–Crippen MR) is 112 cm³/mol. The van der Waals surface area contributed by atoms with Crippen molar-refractivity contribution in [3.05, 3.63) is 59.9 Å². The van der Waals surface area contributed by atoms with Gasteiger partial charge in [-0.25, -0.2) is 12.8 Å². The third-order valence-electron chi connectivity index (χ3n) is 4.37. The third kappa shape index (κ3) is 6.19. The summed E-state index contributed by atoms with van der Waals surface area (Å²) in [6.07, 6.45) is 1.01. The van der Waals surface area contributed by atoms with Crippen molar-refractivity contribution in [2.75, 3.05) is 23.7 Å². The summed E-state index contributed by atoms with van der Waals surface area (Å²) < 4.78 is 44.3. The molecule has 0 saturated carbocycles. The lowest BCUT2D eigenvalue weighted by molar-refractivity contribution is -0.121. The van der Waals surface area contributed by atoms with Crippen LogP contribution < -0.4 is 14.4 Å². The molecule has 2 aromatic carbocycles. The Morgan fingerprint density at radius 2 is 1.72 bits per heavy atom. The highest BCUT2D eigenvalue weighted by atomic mass is 32.2. The summed E-state index contributed by atoms with van der Waals surface area (Å²) >= 11 is 0. The van der Waals surface area contributed by atoms with Crippen LogP contribution in [-0.2, 0) is 14.8 Å². The van der Waals surface area contributed by atoms with Crippen LogP contribution >= 0.6 is 0 Å². The molecule has 0 unspecified atom stereocenters. The highest BCUT2D eigenvalue weighted by molar-refractivity contribution is 7.92. The zero-order valence-electron chi connectivity index (χ0n) is 17.1. The number of benzene rings is 2. The van der Waals surface area contributed by atoms with Crippen molar-refractivity contribution in [1.29, 1.82) is 0 Å². The lowest BCUT2D eigenvalue weighted by atomic mass is 10.0. The summed E-state index contributed by atoms with van der Waals surface area (Å²) in [5, 5.41) is 2.69. The van der Waals surface area contributed by atoms with Crippen LogP contribution in [0.2, 0.25) is 0 Å². The van der Waals surface area contributed by atoms with Crippen molar-refractivity contribution in [2.45, 2.75) is 32.7 Å². The zero-order valence-corrected chi connectivity index (χ0v) is 17.9. The molecule has 0 radical (unpaired) electrons. The first-order valence-electron chi connectivity index (χ1n) is 9.35. The Labute approximate surface area is 171 Å². The number of anilines is 1. The number of halogens is 1. The smallest absolute Gasteiger partial charge is 0.243 e. The van der Waals surface area contributed by atoms with Gasteiger partial charge in [0, 0.05) is 0 Å². The van der Waals surface area contributed by atoms with Gasteiger partial charge in [0.2, 0.25) is 15.9 Å². The summed E-state index contributed by atoms with van der Waals surface area (Å²) in [6.45, 7) is 6.09. The van der Waals surface area contributed by atoms with E-state index in [1.807, 2.05) is 24.3 Å². The molecule has 8 heteroatoms. The van der Waals surface area contributed by atoms with Crippen LogP contribution in [0, 0.1) is 5.82 Å². The van der Waals surface area contributed by atoms with E-state index in [0.717, 1.165) is 34.0 Å². The number of sulfonamides is 1. The molecule has 2 aromatic rings. The van der Waals surface area contributed by atoms with Gasteiger partial charge in [0.15, 0.2) is 0 Å². The van der Waals surface area contributed by atoms with Crippen LogP contribution in [0.25, 0.3) is 0 Å². The first-order chi connectivity index (χ1) is 13.6. The molecule has 0 aliphatic rings. The molecule has 2 rings (SSSR count). The normalized spacial score (nSPS) is 12.5. The molecule has 0 aliphatic heterocycles. The zero-order chi connectivity index (χ0) is 21.6. The van der Waals surface area contributed by atoms with Crippen molar-refractivity contribution in [3.63, 3.8) is 0 Å². The van der Waals surface area contributed by atoms with Gasteiger partial charge in [0.1, 0.15) is 24.2 Å². The Bertz CT molecular complexity index is 930. The molecule has 0 fully saturated rings. The van der Waals surface area contributed by atoms with Crippen molar-refractivity contribution < 1.29 is 22.3 Å². The molecule has 29 heavy (non-hydrogen) atoms. The van der Waals surface area contributed by atoms with E-state index in [4.69, 9.17) is 4.74 Å². The molecule has 1 amide bonds. The fourth-order valence-corrected chi connectivity index (χ4v) is 4.14. The molecule has 158 valence electrons. The van der Waals surface area contributed by atoms with Crippen molar-refractivity contribution >= 4 is 21.6 Å². The van der Waals surface area contributed by atoms with Crippen molar-refractivity contribution in [2.24, 2.45) is 0 Å². The lowest BCUT2D eigenvalue weighted by Gasteiger charge is -2.28. The minimum Gasteiger partial charge on any atom is -0.491 e. The minimum absolute atomic E-state index is 0.219. The number of hydrogen-bond acceptors (Lipinski definition) is 4. The number of para-hydroxylation sites is 1. The van der Waals surface area contributed by atoms with Gasteiger partial charge >= 0.3 is 0 Å². The number of amides is 1. The van der Waals surface area contributed by atoms with E-state index in [-0.39, 0.29) is 18.8 Å². The second kappa shape index (κ2) is 9.73. The van der Waals surface area contributed by atoms with Gasteiger partial charge in [-0.1, -0.05) is 32.0 Å². The first kappa shape index (κ1) is 22.7. The fraction of sp³-hybridized carbons (Fsp3) is 0.381. The number of rotatable bonds is 9. The number of carbonyl (C=O) groups excluding carboxylic acids is 1. The second-order valence-corrected chi connectivity index (χ2v) is 8.90. The van der Waals surface area contributed by atoms with Gasteiger partial charge in [-0.2, -0.15) is 0 Å². The van der Waals surface area contributed by atoms with E-state index in [1.165, 1.54) is 19.1 Å². The molecule has 1 atom stereocenters. The van der Waals surface area contributed by atoms with Gasteiger partial charge in [-0.15, -0.1) is 0 Å². The SMILES string of the molecule is CC(C)c1ccccc1OCCNC(=O)[C@H](C)N(c1ccc(F)cc1)S(C)(=O)=O. The van der Waals surface area contributed by atoms with Crippen LogP contribution in [0.4, 0.5) is 10.1 Å². The number of nitrogens with zero attached hydrogens (tertiary/aromatic N) is 1. The topological polar surface area (TPSA) is 75.7 Å². The largest absolute Gasteiger partial charge is 0.491 e. The maximum absolute atomic E-state index is 13.2. The summed E-state index contributed by atoms with van der Waals surface area (Å²) in [5.74, 6) is 0.104. The fourth-order valence-electron chi connectivity index (χ4n) is 2.97. The van der Waals surface area contributed by atoms with Crippen LogP contribution in [0.5, 0.6) is 5.75 Å². The minimum atomic E-state index is -3.75. The highest BCUT2D eigenvalue weighted by Crippen LogP contribution is 2.25. The van der Waals surface area contributed by atoms with E-state index < -0.39 is 27.8 Å². The monoisotopic (exact) mass is 422 g/mol. The third-order valence-corrected chi connectivity index (χ3v) is 5.61. The molecule has 0 aromatic heterocycles. The average Bonchev–Trinajstić information content (AvgIpc) is 2.65. The molecule has 0 aliphatic carbocycles. The molecule has 0 bridgehead atoms. The molecule has 6 nitrogen and oxygen atoms in total. The predicted octanol–water partition coefficient (Wildman–Crippen LogP) is 3.30. The van der Waals surface area contributed by atoms with Gasteiger partial charge in [-0.3, -0.25) is 9.10 Å². The van der Waals surface area contributed by atoms with Crippen LogP contribution in [-0.4, -0.2) is 39.8 Å². The lowest BCUT2D eigenvalue weighted by Crippen LogP contribution is -2.48. The van der Waals surface area contributed by atoms with Crippen LogP contribution in [0.1, 0.15) is 32.3 Å². The van der Waals surface area contributed by atoms with E-state index in [2.05, 4.69) is 19.2 Å². The van der Waals surface area contributed by atoms with Crippen LogP contribution in [0.3, 0.4) is 0 Å². The highest BCUT2D eigenvalue weighted by Gasteiger charge is 2.28.